The molecule has 33 heavy (non-hydrogen) atoms. The molecule has 1 aliphatic heterocycles. The third-order valence-corrected chi connectivity index (χ3v) is 6.27. The Morgan fingerprint density at radius 3 is 2.42 bits per heavy atom. The lowest BCUT2D eigenvalue weighted by Gasteiger charge is -2.39. The standard InChI is InChI=1S/C25H29F2N5O/c1-17(30-11-13-31(14-12-30)21-7-5-4-6-8-21)16-28-25(33)24-18(2)29-32(19(24)3)23-10-9-20(26)15-22(23)27/h4-10,15,17H,11-14,16H2,1-3H3,(H,28,33). The van der Waals surface area contributed by atoms with E-state index in [0.717, 1.165) is 32.2 Å². The number of aromatic nitrogens is 2. The van der Waals surface area contributed by atoms with Gasteiger partial charge in [-0.3, -0.25) is 9.69 Å². The zero-order valence-corrected chi connectivity index (χ0v) is 19.2. The maximum Gasteiger partial charge on any atom is 0.255 e. The van der Waals surface area contributed by atoms with Crippen LogP contribution in [0, 0.1) is 25.5 Å². The first-order valence-electron chi connectivity index (χ1n) is 11.2. The van der Waals surface area contributed by atoms with E-state index in [1.165, 1.54) is 22.5 Å². The van der Waals surface area contributed by atoms with Crippen molar-refractivity contribution < 1.29 is 13.6 Å². The molecule has 1 saturated heterocycles. The Bertz CT molecular complexity index is 1120. The van der Waals surface area contributed by atoms with Gasteiger partial charge in [-0.05, 0) is 45.0 Å². The minimum atomic E-state index is -0.726. The number of rotatable bonds is 6. The molecule has 1 amide bonds. The molecule has 0 aliphatic carbocycles. The molecule has 3 aromatic rings. The van der Waals surface area contributed by atoms with E-state index in [4.69, 9.17) is 0 Å². The number of halogens is 2. The van der Waals surface area contributed by atoms with Crippen LogP contribution in [0.1, 0.15) is 28.7 Å². The number of benzene rings is 2. The molecule has 4 rings (SSSR count). The summed E-state index contributed by atoms with van der Waals surface area (Å²) in [5.74, 6) is -1.63. The first kappa shape index (κ1) is 22.9. The van der Waals surface area contributed by atoms with E-state index in [9.17, 15) is 13.6 Å². The number of nitrogens with one attached hydrogen (secondary N) is 1. The zero-order chi connectivity index (χ0) is 23.5. The Kier molecular flexibility index (Phi) is 6.74. The number of piperazine rings is 1. The van der Waals surface area contributed by atoms with E-state index < -0.39 is 11.6 Å². The van der Waals surface area contributed by atoms with Crippen molar-refractivity contribution in [1.82, 2.24) is 20.0 Å². The molecular weight excluding hydrogens is 424 g/mol. The lowest BCUT2D eigenvalue weighted by Crippen LogP contribution is -2.52. The number of carbonyl (C=O) groups excluding carboxylic acids is 1. The minimum Gasteiger partial charge on any atom is -0.369 e. The second-order valence-electron chi connectivity index (χ2n) is 8.47. The molecule has 1 unspecified atom stereocenters. The predicted octanol–water partition coefficient (Wildman–Crippen LogP) is 3.71. The second kappa shape index (κ2) is 9.70. The van der Waals surface area contributed by atoms with E-state index in [2.05, 4.69) is 51.4 Å². The Morgan fingerprint density at radius 1 is 1.06 bits per heavy atom. The van der Waals surface area contributed by atoms with Crippen molar-refractivity contribution in [2.24, 2.45) is 0 Å². The lowest BCUT2D eigenvalue weighted by molar-refractivity contribution is 0.0933. The van der Waals surface area contributed by atoms with Crippen LogP contribution in [0.5, 0.6) is 0 Å². The van der Waals surface area contributed by atoms with Crippen molar-refractivity contribution in [1.29, 1.82) is 0 Å². The van der Waals surface area contributed by atoms with Gasteiger partial charge in [0.15, 0.2) is 5.82 Å². The largest absolute Gasteiger partial charge is 0.369 e. The van der Waals surface area contributed by atoms with Crippen molar-refractivity contribution in [3.05, 3.63) is 77.1 Å². The number of amides is 1. The number of hydrogen-bond acceptors (Lipinski definition) is 4. The van der Waals surface area contributed by atoms with E-state index in [0.29, 0.717) is 23.5 Å². The average Bonchev–Trinajstić information content (AvgIpc) is 3.11. The van der Waals surface area contributed by atoms with Crippen LogP contribution in [-0.2, 0) is 0 Å². The molecule has 0 bridgehead atoms. The molecule has 0 saturated carbocycles. The molecule has 6 nitrogen and oxygen atoms in total. The summed E-state index contributed by atoms with van der Waals surface area (Å²) in [6.45, 7) is 9.76. The predicted molar refractivity (Wildman–Crippen MR) is 125 cm³/mol. The summed E-state index contributed by atoms with van der Waals surface area (Å²) in [7, 11) is 0. The fraction of sp³-hybridized carbons (Fsp3) is 0.360. The van der Waals surface area contributed by atoms with Crippen molar-refractivity contribution >= 4 is 11.6 Å². The highest BCUT2D eigenvalue weighted by molar-refractivity contribution is 5.96. The van der Waals surface area contributed by atoms with Crippen LogP contribution in [0.15, 0.2) is 48.5 Å². The fourth-order valence-electron chi connectivity index (χ4n) is 4.38. The summed E-state index contributed by atoms with van der Waals surface area (Å²) in [6, 6.07) is 13.9. The molecule has 0 radical (unpaired) electrons. The Hall–Kier alpha value is -3.26. The highest BCUT2D eigenvalue weighted by Gasteiger charge is 2.24. The topological polar surface area (TPSA) is 53.4 Å². The first-order chi connectivity index (χ1) is 15.8. The molecular formula is C25H29F2N5O. The van der Waals surface area contributed by atoms with Gasteiger partial charge in [0.25, 0.3) is 5.91 Å². The minimum absolute atomic E-state index is 0.112. The summed E-state index contributed by atoms with van der Waals surface area (Å²) in [5, 5.41) is 7.33. The average molecular weight is 454 g/mol. The summed E-state index contributed by atoms with van der Waals surface area (Å²) < 4.78 is 28.9. The molecule has 1 aromatic heterocycles. The van der Waals surface area contributed by atoms with Gasteiger partial charge < -0.3 is 10.2 Å². The third kappa shape index (κ3) is 4.90. The van der Waals surface area contributed by atoms with Crippen molar-refractivity contribution in [2.45, 2.75) is 26.8 Å². The van der Waals surface area contributed by atoms with E-state index >= 15 is 0 Å². The molecule has 2 heterocycles. The Morgan fingerprint density at radius 2 is 1.76 bits per heavy atom. The van der Waals surface area contributed by atoms with Crippen molar-refractivity contribution in [2.75, 3.05) is 37.6 Å². The van der Waals surface area contributed by atoms with Gasteiger partial charge in [-0.1, -0.05) is 18.2 Å². The molecule has 2 aromatic carbocycles. The molecule has 1 atom stereocenters. The fourth-order valence-corrected chi connectivity index (χ4v) is 4.38. The summed E-state index contributed by atoms with van der Waals surface area (Å²) in [5.41, 5.74) is 2.77. The Balaban J connectivity index is 1.37. The second-order valence-corrected chi connectivity index (χ2v) is 8.47. The summed E-state index contributed by atoms with van der Waals surface area (Å²) >= 11 is 0. The van der Waals surface area contributed by atoms with Crippen molar-refractivity contribution in [3.63, 3.8) is 0 Å². The molecule has 1 aliphatic rings. The van der Waals surface area contributed by atoms with Crippen LogP contribution < -0.4 is 10.2 Å². The zero-order valence-electron chi connectivity index (χ0n) is 19.2. The van der Waals surface area contributed by atoms with Crippen LogP contribution in [0.2, 0.25) is 0 Å². The lowest BCUT2D eigenvalue weighted by atomic mass is 10.1. The van der Waals surface area contributed by atoms with E-state index in [-0.39, 0.29) is 17.6 Å². The van der Waals surface area contributed by atoms with Crippen LogP contribution in [-0.4, -0.2) is 59.4 Å². The third-order valence-electron chi connectivity index (χ3n) is 6.27. The van der Waals surface area contributed by atoms with Gasteiger partial charge in [0.05, 0.1) is 17.0 Å². The van der Waals surface area contributed by atoms with Crippen molar-refractivity contribution in [3.8, 4) is 5.69 Å². The maximum atomic E-state index is 14.2. The van der Waals surface area contributed by atoms with Gasteiger partial charge in [0.1, 0.15) is 11.5 Å². The number of nitrogens with zero attached hydrogens (tertiary/aromatic N) is 4. The van der Waals surface area contributed by atoms with Crippen LogP contribution in [0.4, 0.5) is 14.5 Å². The smallest absolute Gasteiger partial charge is 0.255 e. The van der Waals surface area contributed by atoms with E-state index in [1.54, 1.807) is 13.8 Å². The monoisotopic (exact) mass is 453 g/mol. The molecule has 1 fully saturated rings. The number of aryl methyl sites for hydroxylation is 1. The van der Waals surface area contributed by atoms with Gasteiger partial charge in [0, 0.05) is 50.5 Å². The first-order valence-corrected chi connectivity index (χ1v) is 11.2. The van der Waals surface area contributed by atoms with Crippen LogP contribution >= 0.6 is 0 Å². The SMILES string of the molecule is Cc1nn(-c2ccc(F)cc2F)c(C)c1C(=O)NCC(C)N1CCN(c2ccccc2)CC1. The maximum absolute atomic E-state index is 14.2. The summed E-state index contributed by atoms with van der Waals surface area (Å²) in [6.07, 6.45) is 0. The Labute approximate surface area is 192 Å². The molecule has 1 N–H and O–H groups in total. The van der Waals surface area contributed by atoms with Gasteiger partial charge >= 0.3 is 0 Å². The quantitative estimate of drug-likeness (QED) is 0.618. The van der Waals surface area contributed by atoms with E-state index in [1.807, 2.05) is 6.07 Å². The number of anilines is 1. The molecule has 174 valence electrons. The van der Waals surface area contributed by atoms with Crippen LogP contribution in [0.3, 0.4) is 0 Å². The van der Waals surface area contributed by atoms with Gasteiger partial charge in [-0.25, -0.2) is 13.5 Å². The molecule has 8 heteroatoms. The van der Waals surface area contributed by atoms with Gasteiger partial charge in [-0.2, -0.15) is 5.10 Å². The summed E-state index contributed by atoms with van der Waals surface area (Å²) in [4.78, 5) is 17.7. The molecule has 0 spiro atoms. The van der Waals surface area contributed by atoms with Gasteiger partial charge in [-0.15, -0.1) is 0 Å². The van der Waals surface area contributed by atoms with Crippen LogP contribution in [0.25, 0.3) is 5.69 Å². The number of hydrogen-bond donors (Lipinski definition) is 1. The highest BCUT2D eigenvalue weighted by atomic mass is 19.1. The highest BCUT2D eigenvalue weighted by Crippen LogP contribution is 2.21. The normalized spacial score (nSPS) is 15.5. The number of para-hydroxylation sites is 1. The van der Waals surface area contributed by atoms with Gasteiger partial charge in [0.2, 0.25) is 0 Å². The number of carbonyl (C=O) groups is 1.